The highest BCUT2D eigenvalue weighted by Crippen LogP contribution is 2.54. The van der Waals surface area contributed by atoms with Crippen LogP contribution >= 0.6 is 0 Å². The van der Waals surface area contributed by atoms with Gasteiger partial charge in [0, 0.05) is 17.3 Å². The van der Waals surface area contributed by atoms with E-state index < -0.39 is 0 Å². The smallest absolute Gasteiger partial charge is 0.248 e. The lowest BCUT2D eigenvalue weighted by atomic mass is 9.54. The maximum atomic E-state index is 11.3. The Bertz CT molecular complexity index is 512. The van der Waals surface area contributed by atoms with Crippen molar-refractivity contribution in [2.75, 3.05) is 5.32 Å². The van der Waals surface area contributed by atoms with E-state index >= 15 is 0 Å². The van der Waals surface area contributed by atoms with E-state index in [1.165, 1.54) is 32.1 Å². The zero-order valence-corrected chi connectivity index (χ0v) is 11.7. The van der Waals surface area contributed by atoms with Crippen molar-refractivity contribution in [3.8, 4) is 0 Å². The van der Waals surface area contributed by atoms with Crippen molar-refractivity contribution in [2.24, 2.45) is 29.4 Å². The molecule has 0 aromatic heterocycles. The normalized spacial score (nSPS) is 37.9. The van der Waals surface area contributed by atoms with Crippen LogP contribution in [0.4, 0.5) is 5.69 Å². The van der Waals surface area contributed by atoms with E-state index in [9.17, 15) is 4.79 Å². The Morgan fingerprint density at radius 1 is 1.05 bits per heavy atom. The molecule has 4 fully saturated rings. The lowest BCUT2D eigenvalue weighted by Gasteiger charge is -2.54. The Kier molecular flexibility index (Phi) is 2.76. The summed E-state index contributed by atoms with van der Waals surface area (Å²) in [5.74, 6) is 3.31. The van der Waals surface area contributed by atoms with Gasteiger partial charge in [0.05, 0.1) is 0 Å². The molecule has 20 heavy (non-hydrogen) atoms. The first-order valence-electron chi connectivity index (χ1n) is 7.85. The first-order chi connectivity index (χ1) is 9.69. The highest BCUT2D eigenvalue weighted by Gasteiger charge is 2.48. The van der Waals surface area contributed by atoms with Gasteiger partial charge in [0.15, 0.2) is 0 Å². The van der Waals surface area contributed by atoms with Gasteiger partial charge in [0.25, 0.3) is 0 Å². The topological polar surface area (TPSA) is 55.1 Å². The number of rotatable bonds is 3. The van der Waals surface area contributed by atoms with Gasteiger partial charge < -0.3 is 11.1 Å². The number of nitrogens with two attached hydrogens (primary N) is 1. The Morgan fingerprint density at radius 2 is 1.70 bits per heavy atom. The van der Waals surface area contributed by atoms with Gasteiger partial charge in [-0.3, -0.25) is 4.79 Å². The summed E-state index contributed by atoms with van der Waals surface area (Å²) in [6.07, 6.45) is 7.09. The number of hydrogen-bond donors (Lipinski definition) is 2. The van der Waals surface area contributed by atoms with Gasteiger partial charge >= 0.3 is 0 Å². The summed E-state index contributed by atoms with van der Waals surface area (Å²) in [4.78, 5) is 11.3. The molecule has 3 heteroatoms. The van der Waals surface area contributed by atoms with Crippen molar-refractivity contribution in [1.29, 1.82) is 0 Å². The number of primary amides is 1. The van der Waals surface area contributed by atoms with E-state index in [0.717, 1.165) is 29.4 Å². The molecule has 4 saturated carbocycles. The number of benzene rings is 1. The summed E-state index contributed by atoms with van der Waals surface area (Å²) in [5.41, 5.74) is 7.02. The van der Waals surface area contributed by atoms with Crippen molar-refractivity contribution in [1.82, 2.24) is 0 Å². The minimum atomic E-state index is -0.348. The first kappa shape index (κ1) is 12.2. The average molecular weight is 270 g/mol. The van der Waals surface area contributed by atoms with Crippen LogP contribution in [0.1, 0.15) is 42.5 Å². The van der Waals surface area contributed by atoms with Gasteiger partial charge in [-0.2, -0.15) is 0 Å². The average Bonchev–Trinajstić information content (AvgIpc) is 2.42. The molecule has 3 nitrogen and oxygen atoms in total. The maximum absolute atomic E-state index is 11.3. The number of nitrogens with one attached hydrogen (secondary N) is 1. The highest BCUT2D eigenvalue weighted by molar-refractivity contribution is 5.93. The van der Waals surface area contributed by atoms with E-state index in [0.29, 0.717) is 11.6 Å². The molecule has 4 aliphatic rings. The number of anilines is 1. The third-order valence-corrected chi connectivity index (χ3v) is 5.71. The molecule has 0 atom stereocenters. The number of hydrogen-bond acceptors (Lipinski definition) is 2. The molecule has 0 aliphatic heterocycles. The van der Waals surface area contributed by atoms with Crippen LogP contribution in [0.2, 0.25) is 0 Å². The van der Waals surface area contributed by atoms with Crippen molar-refractivity contribution in [3.05, 3.63) is 29.8 Å². The zero-order chi connectivity index (χ0) is 13.7. The van der Waals surface area contributed by atoms with Crippen LogP contribution in [0, 0.1) is 23.7 Å². The summed E-state index contributed by atoms with van der Waals surface area (Å²) in [5, 5.41) is 3.71. The van der Waals surface area contributed by atoms with E-state index in [1.54, 1.807) is 6.07 Å². The van der Waals surface area contributed by atoms with Gasteiger partial charge in [0.1, 0.15) is 0 Å². The van der Waals surface area contributed by atoms with Crippen LogP contribution in [-0.4, -0.2) is 11.9 Å². The molecular weight excluding hydrogens is 248 g/mol. The van der Waals surface area contributed by atoms with Crippen LogP contribution in [0.5, 0.6) is 0 Å². The lowest BCUT2D eigenvalue weighted by molar-refractivity contribution is 0.00754. The van der Waals surface area contributed by atoms with Crippen molar-refractivity contribution in [3.63, 3.8) is 0 Å². The molecule has 1 amide bonds. The molecule has 4 bridgehead atoms. The fourth-order valence-electron chi connectivity index (χ4n) is 5.12. The van der Waals surface area contributed by atoms with Crippen LogP contribution in [0.25, 0.3) is 0 Å². The Hall–Kier alpha value is -1.51. The summed E-state index contributed by atoms with van der Waals surface area (Å²) >= 11 is 0. The lowest BCUT2D eigenvalue weighted by Crippen LogP contribution is -2.51. The van der Waals surface area contributed by atoms with Gasteiger partial charge in [-0.05, 0) is 74.0 Å². The summed E-state index contributed by atoms with van der Waals surface area (Å²) in [7, 11) is 0. The predicted molar refractivity (Wildman–Crippen MR) is 79.4 cm³/mol. The van der Waals surface area contributed by atoms with Crippen molar-refractivity contribution in [2.45, 2.75) is 38.1 Å². The van der Waals surface area contributed by atoms with E-state index in [2.05, 4.69) is 11.4 Å². The largest absolute Gasteiger partial charge is 0.382 e. The molecule has 0 saturated heterocycles. The molecule has 4 aliphatic carbocycles. The fourth-order valence-corrected chi connectivity index (χ4v) is 5.12. The third-order valence-electron chi connectivity index (χ3n) is 5.71. The van der Waals surface area contributed by atoms with E-state index in [1.807, 2.05) is 12.1 Å². The minimum absolute atomic E-state index is 0.348. The number of carbonyl (C=O) groups excluding carboxylic acids is 1. The highest BCUT2D eigenvalue weighted by atomic mass is 16.1. The molecule has 3 N–H and O–H groups in total. The standard InChI is InChI=1S/C17H22N2O/c18-17(20)12-2-1-3-15(9-12)19-16-13-5-10-4-11(7-13)8-14(16)6-10/h1-3,9-11,13-14,16,19H,4-8H2,(H2,18,20). The molecule has 5 rings (SSSR count). The minimum Gasteiger partial charge on any atom is -0.382 e. The van der Waals surface area contributed by atoms with E-state index in [4.69, 9.17) is 5.73 Å². The summed E-state index contributed by atoms with van der Waals surface area (Å²) in [6, 6.07) is 8.25. The molecule has 0 radical (unpaired) electrons. The molecule has 0 heterocycles. The molecule has 106 valence electrons. The van der Waals surface area contributed by atoms with Crippen LogP contribution in [-0.2, 0) is 0 Å². The van der Waals surface area contributed by atoms with Crippen LogP contribution in [0.15, 0.2) is 24.3 Å². The SMILES string of the molecule is NC(=O)c1cccc(NC2C3CC4CC(C3)CC2C4)c1. The number of carbonyl (C=O) groups is 1. The molecule has 0 unspecified atom stereocenters. The monoisotopic (exact) mass is 270 g/mol. The molecule has 1 aromatic rings. The second kappa shape index (κ2) is 4.51. The van der Waals surface area contributed by atoms with Crippen LogP contribution < -0.4 is 11.1 Å². The maximum Gasteiger partial charge on any atom is 0.248 e. The van der Waals surface area contributed by atoms with Gasteiger partial charge in [0.2, 0.25) is 5.91 Å². The second-order valence-electron chi connectivity index (χ2n) is 7.05. The predicted octanol–water partition coefficient (Wildman–Crippen LogP) is 3.02. The summed E-state index contributed by atoms with van der Waals surface area (Å²) in [6.45, 7) is 0. The molecule has 0 spiro atoms. The molecular formula is C17H22N2O. The van der Waals surface area contributed by atoms with Gasteiger partial charge in [-0.1, -0.05) is 6.07 Å². The zero-order valence-electron chi connectivity index (χ0n) is 11.7. The molecule has 1 aromatic carbocycles. The Morgan fingerprint density at radius 3 is 2.30 bits per heavy atom. The Labute approximate surface area is 119 Å². The quantitative estimate of drug-likeness (QED) is 0.887. The van der Waals surface area contributed by atoms with Crippen molar-refractivity contribution < 1.29 is 4.79 Å². The third kappa shape index (κ3) is 2.00. The number of amides is 1. The van der Waals surface area contributed by atoms with Gasteiger partial charge in [-0.15, -0.1) is 0 Å². The second-order valence-corrected chi connectivity index (χ2v) is 7.05. The Balaban J connectivity index is 1.54. The van der Waals surface area contributed by atoms with Gasteiger partial charge in [-0.25, -0.2) is 0 Å². The summed E-state index contributed by atoms with van der Waals surface area (Å²) < 4.78 is 0. The van der Waals surface area contributed by atoms with E-state index in [-0.39, 0.29) is 5.91 Å². The fraction of sp³-hybridized carbons (Fsp3) is 0.588. The van der Waals surface area contributed by atoms with Crippen LogP contribution in [0.3, 0.4) is 0 Å². The first-order valence-corrected chi connectivity index (χ1v) is 7.85. The van der Waals surface area contributed by atoms with Crippen molar-refractivity contribution >= 4 is 11.6 Å².